The number of carbonyl (C=O) groups is 2. The van der Waals surface area contributed by atoms with Crippen LogP contribution in [0.3, 0.4) is 0 Å². The summed E-state index contributed by atoms with van der Waals surface area (Å²) in [5, 5.41) is 7.88. The van der Waals surface area contributed by atoms with Gasteiger partial charge in [-0.3, -0.25) is 9.59 Å². The van der Waals surface area contributed by atoms with Crippen molar-refractivity contribution in [3.05, 3.63) is 65.5 Å². The van der Waals surface area contributed by atoms with E-state index >= 15 is 0 Å². The van der Waals surface area contributed by atoms with Gasteiger partial charge in [0.05, 0.1) is 4.90 Å². The first kappa shape index (κ1) is 23.3. The van der Waals surface area contributed by atoms with Crippen molar-refractivity contribution in [2.75, 3.05) is 13.6 Å². The minimum Gasteiger partial charge on any atom is -0.452 e. The lowest BCUT2D eigenvalue weighted by molar-refractivity contribution is -0.149. The van der Waals surface area contributed by atoms with E-state index in [2.05, 4.69) is 10.2 Å². The Morgan fingerprint density at radius 3 is 2.28 bits per heavy atom. The first-order valence-corrected chi connectivity index (χ1v) is 11.2. The Morgan fingerprint density at radius 1 is 1.06 bits per heavy atom. The number of benzene rings is 2. The standard InChI is InChI=1S/C22H23N3O6S/c1-14-5-7-18(8-6-14)22-24-23-21(31-22)16(3)30-20(27)13-25(4)32(28,29)19-11-9-17(10-12-19)15(2)26/h5-12,16H,13H2,1-4H3. The number of aromatic nitrogens is 2. The summed E-state index contributed by atoms with van der Waals surface area (Å²) < 4.78 is 37.1. The Hall–Kier alpha value is -3.37. The van der Waals surface area contributed by atoms with Gasteiger partial charge in [-0.05, 0) is 45.0 Å². The molecule has 32 heavy (non-hydrogen) atoms. The number of esters is 1. The van der Waals surface area contributed by atoms with Crippen molar-refractivity contribution in [1.29, 1.82) is 0 Å². The number of hydrogen-bond acceptors (Lipinski definition) is 8. The molecule has 0 aliphatic rings. The average molecular weight is 458 g/mol. The zero-order chi connectivity index (χ0) is 23.5. The number of sulfonamides is 1. The van der Waals surface area contributed by atoms with Crippen LogP contribution < -0.4 is 0 Å². The van der Waals surface area contributed by atoms with Crippen LogP contribution in [0.15, 0.2) is 57.8 Å². The molecule has 0 radical (unpaired) electrons. The molecule has 0 bridgehead atoms. The van der Waals surface area contributed by atoms with E-state index < -0.39 is 28.6 Å². The lowest BCUT2D eigenvalue weighted by Crippen LogP contribution is -2.33. The molecule has 0 aliphatic carbocycles. The zero-order valence-corrected chi connectivity index (χ0v) is 18.9. The van der Waals surface area contributed by atoms with E-state index in [1.54, 1.807) is 6.92 Å². The van der Waals surface area contributed by atoms with Crippen LogP contribution in [0, 0.1) is 6.92 Å². The van der Waals surface area contributed by atoms with Crippen LogP contribution in [-0.4, -0.2) is 48.3 Å². The van der Waals surface area contributed by atoms with Gasteiger partial charge in [-0.1, -0.05) is 29.8 Å². The third-order valence-corrected chi connectivity index (χ3v) is 6.53. The number of rotatable bonds is 8. The van der Waals surface area contributed by atoms with Crippen molar-refractivity contribution >= 4 is 21.8 Å². The number of nitrogens with zero attached hydrogens (tertiary/aromatic N) is 3. The van der Waals surface area contributed by atoms with E-state index in [1.165, 1.54) is 38.2 Å². The molecule has 9 nitrogen and oxygen atoms in total. The third-order valence-electron chi connectivity index (χ3n) is 4.72. The fourth-order valence-corrected chi connectivity index (χ4v) is 3.92. The summed E-state index contributed by atoms with van der Waals surface area (Å²) >= 11 is 0. The summed E-state index contributed by atoms with van der Waals surface area (Å²) in [6, 6.07) is 13.0. The SMILES string of the molecule is CC(=O)c1ccc(S(=O)(=O)N(C)CC(=O)OC(C)c2nnc(-c3ccc(C)cc3)o2)cc1. The van der Waals surface area contributed by atoms with Gasteiger partial charge in [-0.2, -0.15) is 4.31 Å². The zero-order valence-electron chi connectivity index (χ0n) is 18.1. The van der Waals surface area contributed by atoms with Crippen LogP contribution in [0.5, 0.6) is 0 Å². The Labute approximate surface area is 186 Å². The van der Waals surface area contributed by atoms with Gasteiger partial charge >= 0.3 is 5.97 Å². The van der Waals surface area contributed by atoms with Crippen molar-refractivity contribution in [1.82, 2.24) is 14.5 Å². The summed E-state index contributed by atoms with van der Waals surface area (Å²) in [6.45, 7) is 4.39. The van der Waals surface area contributed by atoms with Crippen molar-refractivity contribution < 1.29 is 27.2 Å². The van der Waals surface area contributed by atoms with Gasteiger partial charge < -0.3 is 9.15 Å². The molecule has 1 atom stereocenters. The maximum absolute atomic E-state index is 12.7. The molecule has 0 N–H and O–H groups in total. The quantitative estimate of drug-likeness (QED) is 0.374. The lowest BCUT2D eigenvalue weighted by Gasteiger charge is -2.17. The van der Waals surface area contributed by atoms with Crippen LogP contribution in [0.25, 0.3) is 11.5 Å². The van der Waals surface area contributed by atoms with Gasteiger partial charge in [0.15, 0.2) is 11.9 Å². The van der Waals surface area contributed by atoms with Gasteiger partial charge in [0, 0.05) is 18.2 Å². The predicted octanol–water partition coefficient (Wildman–Crippen LogP) is 3.17. The number of aryl methyl sites for hydroxylation is 1. The second-order valence-corrected chi connectivity index (χ2v) is 9.33. The first-order valence-electron chi connectivity index (χ1n) is 9.75. The number of ether oxygens (including phenoxy) is 1. The van der Waals surface area contributed by atoms with E-state index in [0.717, 1.165) is 15.4 Å². The number of hydrogen-bond donors (Lipinski definition) is 0. The summed E-state index contributed by atoms with van der Waals surface area (Å²) in [5.74, 6) is -0.568. The van der Waals surface area contributed by atoms with E-state index in [4.69, 9.17) is 9.15 Å². The number of Topliss-reactive ketones (excluding diaryl/α,β-unsaturated/α-hetero) is 1. The highest BCUT2D eigenvalue weighted by Crippen LogP contribution is 2.23. The van der Waals surface area contributed by atoms with Crippen LogP contribution in [0.4, 0.5) is 0 Å². The molecule has 1 unspecified atom stereocenters. The molecular weight excluding hydrogens is 434 g/mol. The second-order valence-electron chi connectivity index (χ2n) is 7.29. The highest BCUT2D eigenvalue weighted by Gasteiger charge is 2.26. The molecule has 10 heteroatoms. The molecule has 0 aliphatic heterocycles. The monoisotopic (exact) mass is 457 g/mol. The summed E-state index contributed by atoms with van der Waals surface area (Å²) in [5.41, 5.74) is 2.21. The number of ketones is 1. The van der Waals surface area contributed by atoms with Crippen molar-refractivity contribution in [3.8, 4) is 11.5 Å². The third kappa shape index (κ3) is 5.27. The van der Waals surface area contributed by atoms with Gasteiger partial charge in [0.1, 0.15) is 6.54 Å². The summed E-state index contributed by atoms with van der Waals surface area (Å²) in [7, 11) is -2.68. The molecule has 3 aromatic rings. The fraction of sp³-hybridized carbons (Fsp3) is 0.273. The van der Waals surface area contributed by atoms with Gasteiger partial charge in [-0.15, -0.1) is 10.2 Å². The van der Waals surface area contributed by atoms with Crippen molar-refractivity contribution in [3.63, 3.8) is 0 Å². The first-order chi connectivity index (χ1) is 15.1. The molecule has 1 aromatic heterocycles. The van der Waals surface area contributed by atoms with Gasteiger partial charge in [-0.25, -0.2) is 8.42 Å². The van der Waals surface area contributed by atoms with Gasteiger partial charge in [0.2, 0.25) is 15.9 Å². The van der Waals surface area contributed by atoms with Crippen LogP contribution >= 0.6 is 0 Å². The largest absolute Gasteiger partial charge is 0.452 e. The van der Waals surface area contributed by atoms with E-state index in [0.29, 0.717) is 5.56 Å². The molecule has 0 saturated carbocycles. The molecular formula is C22H23N3O6S. The van der Waals surface area contributed by atoms with Crippen molar-refractivity contribution in [2.24, 2.45) is 0 Å². The minimum absolute atomic E-state index is 0.0366. The Balaban J connectivity index is 1.63. The Morgan fingerprint density at radius 2 is 1.69 bits per heavy atom. The molecule has 0 fully saturated rings. The highest BCUT2D eigenvalue weighted by molar-refractivity contribution is 7.89. The molecule has 2 aromatic carbocycles. The topological polar surface area (TPSA) is 120 Å². The molecule has 0 amide bonds. The second kappa shape index (κ2) is 9.41. The lowest BCUT2D eigenvalue weighted by atomic mass is 10.1. The number of carbonyl (C=O) groups excluding carboxylic acids is 2. The minimum atomic E-state index is -3.94. The molecule has 3 rings (SSSR count). The summed E-state index contributed by atoms with van der Waals surface area (Å²) in [4.78, 5) is 23.6. The maximum atomic E-state index is 12.7. The van der Waals surface area contributed by atoms with Gasteiger partial charge in [0.25, 0.3) is 5.89 Å². The highest BCUT2D eigenvalue weighted by atomic mass is 32.2. The predicted molar refractivity (Wildman–Crippen MR) is 115 cm³/mol. The normalized spacial score (nSPS) is 12.5. The number of likely N-dealkylation sites (N-methyl/N-ethyl adjacent to an activating group) is 1. The Bertz CT molecular complexity index is 1220. The van der Waals surface area contributed by atoms with Crippen molar-refractivity contribution in [2.45, 2.75) is 31.8 Å². The van der Waals surface area contributed by atoms with E-state index in [9.17, 15) is 18.0 Å². The smallest absolute Gasteiger partial charge is 0.322 e. The fourth-order valence-electron chi connectivity index (χ4n) is 2.80. The van der Waals surface area contributed by atoms with E-state index in [1.807, 2.05) is 31.2 Å². The molecule has 0 saturated heterocycles. The van der Waals surface area contributed by atoms with Crippen LogP contribution in [0.2, 0.25) is 0 Å². The molecule has 1 heterocycles. The average Bonchev–Trinajstić information content (AvgIpc) is 3.24. The Kier molecular flexibility index (Phi) is 6.85. The maximum Gasteiger partial charge on any atom is 0.322 e. The molecule has 0 spiro atoms. The summed E-state index contributed by atoms with van der Waals surface area (Å²) in [6.07, 6.45) is -0.861. The van der Waals surface area contributed by atoms with Crippen LogP contribution in [0.1, 0.15) is 41.8 Å². The molecule has 168 valence electrons. The van der Waals surface area contributed by atoms with Crippen LogP contribution in [-0.2, 0) is 19.6 Å². The van der Waals surface area contributed by atoms with E-state index in [-0.39, 0.29) is 22.5 Å².